The molecule has 2 nitrogen and oxygen atoms in total. The minimum Gasteiger partial charge on any atom is -0.316 e. The SMILES string of the molecule is CNCc1cccc(SCc2ncccc2C)c1. The second-order valence-corrected chi connectivity index (χ2v) is 5.28. The summed E-state index contributed by atoms with van der Waals surface area (Å²) in [4.78, 5) is 5.72. The molecule has 0 bridgehead atoms. The molecule has 0 fully saturated rings. The summed E-state index contributed by atoms with van der Waals surface area (Å²) in [5.74, 6) is 0.926. The molecule has 0 atom stereocenters. The van der Waals surface area contributed by atoms with E-state index in [-0.39, 0.29) is 0 Å². The van der Waals surface area contributed by atoms with Crippen LogP contribution in [0.5, 0.6) is 0 Å². The third kappa shape index (κ3) is 3.59. The molecule has 0 saturated heterocycles. The Kier molecular flexibility index (Phi) is 4.79. The van der Waals surface area contributed by atoms with Crippen LogP contribution in [0, 0.1) is 6.92 Å². The first kappa shape index (κ1) is 13.1. The van der Waals surface area contributed by atoms with E-state index in [2.05, 4.69) is 47.6 Å². The molecule has 1 heterocycles. The number of hydrogen-bond acceptors (Lipinski definition) is 3. The van der Waals surface area contributed by atoms with Gasteiger partial charge in [-0.1, -0.05) is 18.2 Å². The third-order valence-electron chi connectivity index (χ3n) is 2.77. The van der Waals surface area contributed by atoms with E-state index < -0.39 is 0 Å². The van der Waals surface area contributed by atoms with Gasteiger partial charge in [-0.15, -0.1) is 11.8 Å². The normalized spacial score (nSPS) is 10.6. The van der Waals surface area contributed by atoms with Gasteiger partial charge in [0.05, 0.1) is 5.69 Å². The summed E-state index contributed by atoms with van der Waals surface area (Å²) in [6.07, 6.45) is 1.86. The van der Waals surface area contributed by atoms with Crippen LogP contribution in [0.2, 0.25) is 0 Å². The number of thioether (sulfide) groups is 1. The Morgan fingerprint density at radius 2 is 2.11 bits per heavy atom. The third-order valence-corrected chi connectivity index (χ3v) is 3.78. The van der Waals surface area contributed by atoms with Crippen LogP contribution in [0.15, 0.2) is 47.5 Å². The highest BCUT2D eigenvalue weighted by molar-refractivity contribution is 7.98. The van der Waals surface area contributed by atoms with Gasteiger partial charge in [0.2, 0.25) is 0 Å². The van der Waals surface area contributed by atoms with E-state index in [9.17, 15) is 0 Å². The molecule has 3 heteroatoms. The number of benzene rings is 1. The molecule has 18 heavy (non-hydrogen) atoms. The molecule has 2 rings (SSSR count). The zero-order valence-electron chi connectivity index (χ0n) is 10.8. The number of hydrogen-bond donors (Lipinski definition) is 1. The second-order valence-electron chi connectivity index (χ2n) is 4.23. The van der Waals surface area contributed by atoms with Crippen molar-refractivity contribution in [2.75, 3.05) is 7.05 Å². The lowest BCUT2D eigenvalue weighted by Gasteiger charge is -2.06. The number of nitrogens with one attached hydrogen (secondary N) is 1. The summed E-state index contributed by atoms with van der Waals surface area (Å²) >= 11 is 1.84. The van der Waals surface area contributed by atoms with Crippen molar-refractivity contribution in [2.45, 2.75) is 24.1 Å². The first-order valence-corrected chi connectivity index (χ1v) is 7.05. The number of aryl methyl sites for hydroxylation is 1. The Hall–Kier alpha value is -1.32. The average molecular weight is 258 g/mol. The van der Waals surface area contributed by atoms with Gasteiger partial charge in [0.1, 0.15) is 0 Å². The van der Waals surface area contributed by atoms with Crippen molar-refractivity contribution in [1.82, 2.24) is 10.3 Å². The summed E-state index contributed by atoms with van der Waals surface area (Å²) in [6.45, 7) is 3.03. The molecule has 0 saturated carbocycles. The van der Waals surface area contributed by atoms with E-state index in [1.54, 1.807) is 0 Å². The fraction of sp³-hybridized carbons (Fsp3) is 0.267. The summed E-state index contributed by atoms with van der Waals surface area (Å²) in [5.41, 5.74) is 3.75. The van der Waals surface area contributed by atoms with Crippen LogP contribution in [-0.4, -0.2) is 12.0 Å². The zero-order valence-corrected chi connectivity index (χ0v) is 11.6. The largest absolute Gasteiger partial charge is 0.316 e. The van der Waals surface area contributed by atoms with Crippen LogP contribution in [0.1, 0.15) is 16.8 Å². The molecular weight excluding hydrogens is 240 g/mol. The van der Waals surface area contributed by atoms with Gasteiger partial charge >= 0.3 is 0 Å². The predicted octanol–water partition coefficient (Wildman–Crippen LogP) is 3.40. The molecular formula is C15H18N2S. The molecule has 0 spiro atoms. The number of aromatic nitrogens is 1. The summed E-state index contributed by atoms with van der Waals surface area (Å²) in [6, 6.07) is 12.7. The molecule has 0 amide bonds. The first-order valence-electron chi connectivity index (χ1n) is 6.06. The van der Waals surface area contributed by atoms with E-state index in [1.165, 1.54) is 21.7 Å². The van der Waals surface area contributed by atoms with Gasteiger partial charge in [-0.25, -0.2) is 0 Å². The Morgan fingerprint density at radius 1 is 1.22 bits per heavy atom. The second kappa shape index (κ2) is 6.57. The molecule has 0 unspecified atom stereocenters. The summed E-state index contributed by atoms with van der Waals surface area (Å²) < 4.78 is 0. The van der Waals surface area contributed by atoms with Gasteiger partial charge in [0.25, 0.3) is 0 Å². The van der Waals surface area contributed by atoms with Crippen LogP contribution in [0.4, 0.5) is 0 Å². The zero-order chi connectivity index (χ0) is 12.8. The highest BCUT2D eigenvalue weighted by Crippen LogP contribution is 2.23. The van der Waals surface area contributed by atoms with Crippen molar-refractivity contribution < 1.29 is 0 Å². The lowest BCUT2D eigenvalue weighted by molar-refractivity contribution is 0.815. The van der Waals surface area contributed by atoms with Crippen LogP contribution >= 0.6 is 11.8 Å². The molecule has 0 radical (unpaired) electrons. The smallest absolute Gasteiger partial charge is 0.0535 e. The average Bonchev–Trinajstić information content (AvgIpc) is 2.39. The van der Waals surface area contributed by atoms with E-state index in [0.29, 0.717) is 0 Å². The maximum atomic E-state index is 4.42. The Balaban J connectivity index is 2.02. The molecule has 1 N–H and O–H groups in total. The van der Waals surface area contributed by atoms with Crippen molar-refractivity contribution in [3.63, 3.8) is 0 Å². The van der Waals surface area contributed by atoms with Gasteiger partial charge < -0.3 is 5.32 Å². The predicted molar refractivity (Wildman–Crippen MR) is 77.7 cm³/mol. The molecule has 2 aromatic rings. The van der Waals surface area contributed by atoms with Crippen molar-refractivity contribution >= 4 is 11.8 Å². The van der Waals surface area contributed by atoms with Crippen LogP contribution < -0.4 is 5.32 Å². The van der Waals surface area contributed by atoms with Crippen LogP contribution in [-0.2, 0) is 12.3 Å². The molecule has 1 aromatic heterocycles. The number of nitrogens with zero attached hydrogens (tertiary/aromatic N) is 1. The lowest BCUT2D eigenvalue weighted by atomic mass is 10.2. The minimum absolute atomic E-state index is 0.914. The van der Waals surface area contributed by atoms with E-state index >= 15 is 0 Å². The number of pyridine rings is 1. The van der Waals surface area contributed by atoms with Crippen molar-refractivity contribution in [1.29, 1.82) is 0 Å². The van der Waals surface area contributed by atoms with Gasteiger partial charge in [-0.05, 0) is 43.3 Å². The van der Waals surface area contributed by atoms with Gasteiger partial charge in [0.15, 0.2) is 0 Å². The minimum atomic E-state index is 0.914. The standard InChI is InChI=1S/C15H18N2S/c1-12-5-4-8-17-15(12)11-18-14-7-3-6-13(9-14)10-16-2/h3-9,16H,10-11H2,1-2H3. The Bertz CT molecular complexity index is 511. The fourth-order valence-electron chi connectivity index (χ4n) is 1.77. The van der Waals surface area contributed by atoms with Crippen LogP contribution in [0.3, 0.4) is 0 Å². The summed E-state index contributed by atoms with van der Waals surface area (Å²) in [5, 5.41) is 3.17. The number of rotatable bonds is 5. The van der Waals surface area contributed by atoms with Gasteiger partial charge in [-0.2, -0.15) is 0 Å². The summed E-state index contributed by atoms with van der Waals surface area (Å²) in [7, 11) is 1.97. The monoisotopic (exact) mass is 258 g/mol. The first-order chi connectivity index (χ1) is 8.79. The van der Waals surface area contributed by atoms with E-state index in [4.69, 9.17) is 0 Å². The maximum absolute atomic E-state index is 4.42. The highest BCUT2D eigenvalue weighted by Gasteiger charge is 2.01. The van der Waals surface area contributed by atoms with Gasteiger partial charge in [-0.3, -0.25) is 4.98 Å². The fourth-order valence-corrected chi connectivity index (χ4v) is 2.79. The molecule has 94 valence electrons. The van der Waals surface area contributed by atoms with Crippen LogP contribution in [0.25, 0.3) is 0 Å². The van der Waals surface area contributed by atoms with E-state index in [0.717, 1.165) is 12.3 Å². The van der Waals surface area contributed by atoms with Gasteiger partial charge in [0, 0.05) is 23.4 Å². The molecule has 0 aliphatic heterocycles. The molecule has 0 aliphatic rings. The highest BCUT2D eigenvalue weighted by atomic mass is 32.2. The lowest BCUT2D eigenvalue weighted by Crippen LogP contribution is -2.04. The topological polar surface area (TPSA) is 24.9 Å². The Morgan fingerprint density at radius 3 is 2.89 bits per heavy atom. The quantitative estimate of drug-likeness (QED) is 0.832. The van der Waals surface area contributed by atoms with Crippen molar-refractivity contribution in [3.8, 4) is 0 Å². The van der Waals surface area contributed by atoms with E-state index in [1.807, 2.05) is 31.1 Å². The van der Waals surface area contributed by atoms with Crippen molar-refractivity contribution in [3.05, 3.63) is 59.4 Å². The maximum Gasteiger partial charge on any atom is 0.0535 e. The molecule has 1 aromatic carbocycles. The van der Waals surface area contributed by atoms with Crippen molar-refractivity contribution in [2.24, 2.45) is 0 Å². The Labute approximate surface area is 113 Å². The molecule has 0 aliphatic carbocycles.